The van der Waals surface area contributed by atoms with Crippen molar-refractivity contribution in [2.24, 2.45) is 22.7 Å². The first kappa shape index (κ1) is 21.0. The molecule has 1 heterocycles. The van der Waals surface area contributed by atoms with Gasteiger partial charge in [0.05, 0.1) is 0 Å². The van der Waals surface area contributed by atoms with Crippen LogP contribution >= 0.6 is 24.0 Å². The maximum Gasteiger partial charge on any atom is 0.193 e. The van der Waals surface area contributed by atoms with Crippen LogP contribution in [-0.2, 0) is 0 Å². The summed E-state index contributed by atoms with van der Waals surface area (Å²) in [4.78, 5) is 9.39. The molecular formula is C18H37IN4. The summed E-state index contributed by atoms with van der Waals surface area (Å²) in [5.41, 5.74) is 0. The lowest BCUT2D eigenvalue weighted by atomic mass is 9.82. The van der Waals surface area contributed by atoms with Gasteiger partial charge in [0.15, 0.2) is 5.96 Å². The van der Waals surface area contributed by atoms with E-state index in [1.807, 2.05) is 7.05 Å². The second kappa shape index (κ2) is 10.1. The van der Waals surface area contributed by atoms with E-state index >= 15 is 0 Å². The zero-order valence-corrected chi connectivity index (χ0v) is 18.0. The third kappa shape index (κ3) is 6.07. The molecule has 1 N–H and O–H groups in total. The van der Waals surface area contributed by atoms with Crippen LogP contribution in [0.2, 0.25) is 0 Å². The normalized spacial score (nSPS) is 26.2. The SMILES string of the molecule is CN=C(NCC(CC(C)C)N(C)C)N1CC2CCCCC2C1.I. The van der Waals surface area contributed by atoms with E-state index in [1.54, 1.807) is 0 Å². The van der Waals surface area contributed by atoms with Crippen LogP contribution in [0, 0.1) is 17.8 Å². The number of nitrogens with one attached hydrogen (secondary N) is 1. The fourth-order valence-corrected chi connectivity index (χ4v) is 4.14. The van der Waals surface area contributed by atoms with Gasteiger partial charge in [-0.2, -0.15) is 0 Å². The third-order valence-electron chi connectivity index (χ3n) is 5.46. The summed E-state index contributed by atoms with van der Waals surface area (Å²) < 4.78 is 0. The van der Waals surface area contributed by atoms with Crippen molar-refractivity contribution in [1.82, 2.24) is 15.1 Å². The Kier molecular flexibility index (Phi) is 9.19. The first-order valence-corrected chi connectivity index (χ1v) is 9.13. The summed E-state index contributed by atoms with van der Waals surface area (Å²) in [7, 11) is 6.29. The van der Waals surface area contributed by atoms with E-state index in [2.05, 4.69) is 48.1 Å². The average molecular weight is 436 g/mol. The van der Waals surface area contributed by atoms with E-state index in [9.17, 15) is 0 Å². The van der Waals surface area contributed by atoms with Crippen molar-refractivity contribution in [3.8, 4) is 0 Å². The molecule has 1 aliphatic carbocycles. The second-order valence-electron chi connectivity index (χ2n) is 7.88. The highest BCUT2D eigenvalue weighted by atomic mass is 127. The summed E-state index contributed by atoms with van der Waals surface area (Å²) in [6, 6.07) is 0.571. The first-order valence-electron chi connectivity index (χ1n) is 9.13. The van der Waals surface area contributed by atoms with Gasteiger partial charge in [0.1, 0.15) is 0 Å². The summed E-state index contributed by atoms with van der Waals surface area (Å²) in [6.45, 7) is 8.01. The molecule has 3 atom stereocenters. The number of rotatable bonds is 5. The van der Waals surface area contributed by atoms with Gasteiger partial charge in [-0.05, 0) is 51.1 Å². The smallest absolute Gasteiger partial charge is 0.193 e. The van der Waals surface area contributed by atoms with Crippen LogP contribution in [0.25, 0.3) is 0 Å². The average Bonchev–Trinajstić information content (AvgIpc) is 2.89. The highest BCUT2D eigenvalue weighted by Gasteiger charge is 2.35. The van der Waals surface area contributed by atoms with Gasteiger partial charge >= 0.3 is 0 Å². The van der Waals surface area contributed by atoms with Crippen LogP contribution in [0.3, 0.4) is 0 Å². The Bertz CT molecular complexity index is 356. The number of nitrogens with zero attached hydrogens (tertiary/aromatic N) is 3. The van der Waals surface area contributed by atoms with Crippen molar-refractivity contribution in [3.63, 3.8) is 0 Å². The molecule has 0 aromatic rings. The summed E-state index contributed by atoms with van der Waals surface area (Å²) >= 11 is 0. The predicted octanol–water partition coefficient (Wildman–Crippen LogP) is 3.28. The Morgan fingerprint density at radius 1 is 1.17 bits per heavy atom. The van der Waals surface area contributed by atoms with Crippen molar-refractivity contribution in [2.75, 3.05) is 40.8 Å². The fraction of sp³-hybridized carbons (Fsp3) is 0.944. The number of halogens is 1. The Labute approximate surface area is 160 Å². The number of hydrogen-bond donors (Lipinski definition) is 1. The van der Waals surface area contributed by atoms with Gasteiger partial charge in [0, 0.05) is 32.7 Å². The van der Waals surface area contributed by atoms with Crippen LogP contribution in [0.1, 0.15) is 46.0 Å². The number of guanidine groups is 1. The summed E-state index contributed by atoms with van der Waals surface area (Å²) in [6.07, 6.45) is 6.93. The fourth-order valence-electron chi connectivity index (χ4n) is 4.14. The Morgan fingerprint density at radius 3 is 2.17 bits per heavy atom. The molecule has 136 valence electrons. The van der Waals surface area contributed by atoms with Crippen LogP contribution in [0.5, 0.6) is 0 Å². The van der Waals surface area contributed by atoms with Crippen molar-refractivity contribution >= 4 is 29.9 Å². The quantitative estimate of drug-likeness (QED) is 0.408. The van der Waals surface area contributed by atoms with E-state index in [0.29, 0.717) is 6.04 Å². The first-order chi connectivity index (χ1) is 10.5. The van der Waals surface area contributed by atoms with Gasteiger partial charge in [-0.15, -0.1) is 24.0 Å². The molecule has 0 bridgehead atoms. The largest absolute Gasteiger partial charge is 0.355 e. The number of likely N-dealkylation sites (tertiary alicyclic amines) is 1. The second-order valence-corrected chi connectivity index (χ2v) is 7.88. The molecule has 1 aliphatic heterocycles. The Balaban J connectivity index is 0.00000264. The van der Waals surface area contributed by atoms with Crippen LogP contribution < -0.4 is 5.32 Å². The third-order valence-corrected chi connectivity index (χ3v) is 5.46. The lowest BCUT2D eigenvalue weighted by molar-refractivity contribution is 0.252. The number of aliphatic imine (C=N–C) groups is 1. The minimum Gasteiger partial charge on any atom is -0.355 e. The molecule has 2 fully saturated rings. The van der Waals surface area contributed by atoms with Crippen molar-refractivity contribution in [2.45, 2.75) is 52.0 Å². The molecule has 23 heavy (non-hydrogen) atoms. The Hall–Kier alpha value is -0.0400. The number of likely N-dealkylation sites (N-methyl/N-ethyl adjacent to an activating group) is 1. The minimum atomic E-state index is 0. The van der Waals surface area contributed by atoms with E-state index in [0.717, 1.165) is 30.3 Å². The van der Waals surface area contributed by atoms with E-state index < -0.39 is 0 Å². The van der Waals surface area contributed by atoms with E-state index in [1.165, 1.54) is 45.2 Å². The molecule has 2 aliphatic rings. The molecule has 4 nitrogen and oxygen atoms in total. The minimum absolute atomic E-state index is 0. The van der Waals surface area contributed by atoms with E-state index in [-0.39, 0.29) is 24.0 Å². The van der Waals surface area contributed by atoms with Gasteiger partial charge < -0.3 is 15.1 Å². The topological polar surface area (TPSA) is 30.9 Å². The molecule has 0 radical (unpaired) electrons. The zero-order valence-electron chi connectivity index (χ0n) is 15.7. The number of fused-ring (bicyclic) bond motifs is 1. The molecule has 0 aromatic carbocycles. The highest BCUT2D eigenvalue weighted by Crippen LogP contribution is 2.35. The van der Waals surface area contributed by atoms with Crippen molar-refractivity contribution in [3.05, 3.63) is 0 Å². The van der Waals surface area contributed by atoms with Gasteiger partial charge in [-0.25, -0.2) is 0 Å². The predicted molar refractivity (Wildman–Crippen MR) is 111 cm³/mol. The number of hydrogen-bond acceptors (Lipinski definition) is 2. The van der Waals surface area contributed by atoms with Crippen LogP contribution in [0.4, 0.5) is 0 Å². The molecule has 0 amide bonds. The highest BCUT2D eigenvalue weighted by molar-refractivity contribution is 14.0. The molecule has 3 unspecified atom stereocenters. The molecule has 0 aromatic heterocycles. The molecule has 5 heteroatoms. The van der Waals surface area contributed by atoms with Crippen molar-refractivity contribution in [1.29, 1.82) is 0 Å². The Morgan fingerprint density at radius 2 is 1.74 bits per heavy atom. The van der Waals surface area contributed by atoms with Crippen molar-refractivity contribution < 1.29 is 0 Å². The van der Waals surface area contributed by atoms with Crippen LogP contribution in [0.15, 0.2) is 4.99 Å². The zero-order chi connectivity index (χ0) is 16.1. The van der Waals surface area contributed by atoms with Gasteiger partial charge in [0.25, 0.3) is 0 Å². The molecular weight excluding hydrogens is 399 g/mol. The van der Waals surface area contributed by atoms with Gasteiger partial charge in [-0.3, -0.25) is 4.99 Å². The van der Waals surface area contributed by atoms with Gasteiger partial charge in [-0.1, -0.05) is 26.7 Å². The van der Waals surface area contributed by atoms with Gasteiger partial charge in [0.2, 0.25) is 0 Å². The molecule has 2 rings (SSSR count). The maximum absolute atomic E-state index is 4.55. The van der Waals surface area contributed by atoms with Crippen LogP contribution in [-0.4, -0.2) is 62.6 Å². The molecule has 0 spiro atoms. The van der Waals surface area contributed by atoms with E-state index in [4.69, 9.17) is 0 Å². The lowest BCUT2D eigenvalue weighted by Gasteiger charge is -2.29. The standard InChI is InChI=1S/C18H36N4.HI/c1-14(2)10-17(21(4)5)11-20-18(19-3)22-12-15-8-6-7-9-16(15)13-22;/h14-17H,6-13H2,1-5H3,(H,19,20);1H. The maximum atomic E-state index is 4.55. The summed E-state index contributed by atoms with van der Waals surface area (Å²) in [5.74, 6) is 3.66. The summed E-state index contributed by atoms with van der Waals surface area (Å²) in [5, 5.41) is 3.64. The monoisotopic (exact) mass is 436 g/mol. The lowest BCUT2D eigenvalue weighted by Crippen LogP contribution is -2.46. The molecule has 1 saturated carbocycles. The molecule has 1 saturated heterocycles.